The van der Waals surface area contributed by atoms with E-state index in [9.17, 15) is 4.79 Å². The van der Waals surface area contributed by atoms with Crippen LogP contribution in [0.2, 0.25) is 0 Å². The van der Waals surface area contributed by atoms with Crippen molar-refractivity contribution in [2.24, 2.45) is 5.92 Å². The second kappa shape index (κ2) is 9.71. The summed E-state index contributed by atoms with van der Waals surface area (Å²) in [5.74, 6) is 0.740. The minimum absolute atomic E-state index is 0.0936. The van der Waals surface area contributed by atoms with Crippen LogP contribution >= 0.6 is 0 Å². The monoisotopic (exact) mass is 212 g/mol. The zero-order valence-electron chi connectivity index (χ0n) is 10.2. The Kier molecular flexibility index (Phi) is 9.18. The summed E-state index contributed by atoms with van der Waals surface area (Å²) in [6.07, 6.45) is 6.13. The molecule has 0 bridgehead atoms. The lowest BCUT2D eigenvalue weighted by molar-refractivity contribution is -0.120. The lowest BCUT2D eigenvalue weighted by Gasteiger charge is -2.07. The van der Waals surface area contributed by atoms with Crippen LogP contribution in [-0.4, -0.2) is 25.5 Å². The van der Waals surface area contributed by atoms with Crippen molar-refractivity contribution in [2.45, 2.75) is 33.6 Å². The summed E-state index contributed by atoms with van der Waals surface area (Å²) in [7, 11) is 0. The maximum atomic E-state index is 11.3. The first kappa shape index (κ1) is 14.2. The molecule has 0 spiro atoms. The first-order valence-electron chi connectivity index (χ1n) is 5.75. The predicted octanol–water partition coefficient (Wildman–Crippen LogP) is 1.70. The highest BCUT2D eigenvalue weighted by Gasteiger charge is 1.99. The Bertz CT molecular complexity index is 188. The van der Waals surface area contributed by atoms with Crippen molar-refractivity contribution >= 4 is 5.91 Å². The van der Waals surface area contributed by atoms with Crippen molar-refractivity contribution < 1.29 is 4.79 Å². The summed E-state index contributed by atoms with van der Waals surface area (Å²) in [6.45, 7) is 8.38. The highest BCUT2D eigenvalue weighted by molar-refractivity contribution is 5.77. The Hall–Kier alpha value is -0.830. The molecule has 0 aromatic carbocycles. The number of hydrogen-bond acceptors (Lipinski definition) is 2. The van der Waals surface area contributed by atoms with Crippen LogP contribution in [0.3, 0.4) is 0 Å². The smallest absolute Gasteiger partial charge is 0.233 e. The van der Waals surface area contributed by atoms with Crippen LogP contribution in [0.5, 0.6) is 0 Å². The van der Waals surface area contributed by atoms with Gasteiger partial charge in [-0.1, -0.05) is 26.0 Å². The maximum absolute atomic E-state index is 11.3. The molecule has 0 saturated carbocycles. The molecule has 0 aliphatic carbocycles. The SMILES string of the molecule is C/C=C/CCNCC(=O)NCCC(C)C. The van der Waals surface area contributed by atoms with Crippen LogP contribution in [0.15, 0.2) is 12.2 Å². The Balaban J connectivity index is 3.26. The van der Waals surface area contributed by atoms with E-state index in [1.165, 1.54) is 0 Å². The molecule has 0 atom stereocenters. The third kappa shape index (κ3) is 11.1. The third-order valence-corrected chi connectivity index (χ3v) is 2.05. The Morgan fingerprint density at radius 2 is 2.07 bits per heavy atom. The fourth-order valence-corrected chi connectivity index (χ4v) is 1.12. The normalized spacial score (nSPS) is 11.2. The zero-order valence-corrected chi connectivity index (χ0v) is 10.2. The molecule has 0 aromatic heterocycles. The molecule has 0 rings (SSSR count). The predicted molar refractivity (Wildman–Crippen MR) is 64.8 cm³/mol. The molecular weight excluding hydrogens is 188 g/mol. The second-order valence-electron chi connectivity index (χ2n) is 4.07. The van der Waals surface area contributed by atoms with Gasteiger partial charge in [-0.05, 0) is 32.2 Å². The number of rotatable bonds is 8. The van der Waals surface area contributed by atoms with E-state index in [0.717, 1.165) is 25.9 Å². The molecule has 0 heterocycles. The standard InChI is InChI=1S/C12H24N2O/c1-4-5-6-8-13-10-12(15)14-9-7-11(2)3/h4-5,11,13H,6-10H2,1-3H3,(H,14,15)/b5-4+. The average molecular weight is 212 g/mol. The molecule has 0 aliphatic rings. The zero-order chi connectivity index (χ0) is 11.5. The molecular formula is C12H24N2O. The topological polar surface area (TPSA) is 41.1 Å². The van der Waals surface area contributed by atoms with Crippen LogP contribution < -0.4 is 10.6 Å². The minimum Gasteiger partial charge on any atom is -0.355 e. The van der Waals surface area contributed by atoms with E-state index in [0.29, 0.717) is 12.5 Å². The van der Waals surface area contributed by atoms with E-state index >= 15 is 0 Å². The van der Waals surface area contributed by atoms with Gasteiger partial charge in [0.1, 0.15) is 0 Å². The molecule has 0 saturated heterocycles. The van der Waals surface area contributed by atoms with Crippen LogP contribution in [-0.2, 0) is 4.79 Å². The first-order valence-corrected chi connectivity index (χ1v) is 5.75. The molecule has 2 N–H and O–H groups in total. The molecule has 1 amide bonds. The van der Waals surface area contributed by atoms with Gasteiger partial charge in [0.25, 0.3) is 0 Å². The van der Waals surface area contributed by atoms with E-state index in [-0.39, 0.29) is 5.91 Å². The summed E-state index contributed by atoms with van der Waals surface area (Å²) in [5, 5.41) is 5.98. The number of carbonyl (C=O) groups excluding carboxylic acids is 1. The Morgan fingerprint density at radius 3 is 2.67 bits per heavy atom. The van der Waals surface area contributed by atoms with Crippen molar-refractivity contribution in [2.75, 3.05) is 19.6 Å². The number of nitrogens with one attached hydrogen (secondary N) is 2. The maximum Gasteiger partial charge on any atom is 0.233 e. The molecule has 0 aliphatic heterocycles. The summed E-state index contributed by atoms with van der Waals surface area (Å²) in [4.78, 5) is 11.3. The summed E-state index contributed by atoms with van der Waals surface area (Å²) in [5.41, 5.74) is 0. The van der Waals surface area contributed by atoms with Gasteiger partial charge in [-0.25, -0.2) is 0 Å². The van der Waals surface area contributed by atoms with Crippen LogP contribution in [0, 0.1) is 5.92 Å². The summed E-state index contributed by atoms with van der Waals surface area (Å²) >= 11 is 0. The van der Waals surface area contributed by atoms with Crippen LogP contribution in [0.4, 0.5) is 0 Å². The van der Waals surface area contributed by atoms with Gasteiger partial charge in [0, 0.05) is 6.54 Å². The highest BCUT2D eigenvalue weighted by Crippen LogP contribution is 1.95. The van der Waals surface area contributed by atoms with Gasteiger partial charge in [-0.3, -0.25) is 4.79 Å². The molecule has 88 valence electrons. The lowest BCUT2D eigenvalue weighted by Crippen LogP contribution is -2.35. The first-order chi connectivity index (χ1) is 7.16. The van der Waals surface area contributed by atoms with Gasteiger partial charge in [0.2, 0.25) is 5.91 Å². The Morgan fingerprint density at radius 1 is 1.33 bits per heavy atom. The molecule has 0 aromatic rings. The van der Waals surface area contributed by atoms with E-state index in [1.54, 1.807) is 0 Å². The largest absolute Gasteiger partial charge is 0.355 e. The minimum atomic E-state index is 0.0936. The van der Waals surface area contributed by atoms with Gasteiger partial charge in [-0.2, -0.15) is 0 Å². The molecule has 0 unspecified atom stereocenters. The molecule has 3 nitrogen and oxygen atoms in total. The molecule has 0 radical (unpaired) electrons. The van der Waals surface area contributed by atoms with E-state index in [2.05, 4.69) is 30.6 Å². The number of amides is 1. The van der Waals surface area contributed by atoms with E-state index in [1.807, 2.05) is 13.0 Å². The van der Waals surface area contributed by atoms with Crippen molar-refractivity contribution in [1.29, 1.82) is 0 Å². The van der Waals surface area contributed by atoms with Crippen molar-refractivity contribution in [3.05, 3.63) is 12.2 Å². The Labute approximate surface area is 93.3 Å². The van der Waals surface area contributed by atoms with Gasteiger partial charge in [-0.15, -0.1) is 0 Å². The van der Waals surface area contributed by atoms with E-state index in [4.69, 9.17) is 0 Å². The van der Waals surface area contributed by atoms with E-state index < -0.39 is 0 Å². The molecule has 0 fully saturated rings. The highest BCUT2D eigenvalue weighted by atomic mass is 16.1. The van der Waals surface area contributed by atoms with Crippen LogP contribution in [0.1, 0.15) is 33.6 Å². The van der Waals surface area contributed by atoms with Gasteiger partial charge >= 0.3 is 0 Å². The number of carbonyl (C=O) groups is 1. The van der Waals surface area contributed by atoms with Gasteiger partial charge in [0.15, 0.2) is 0 Å². The fraction of sp³-hybridized carbons (Fsp3) is 0.750. The fourth-order valence-electron chi connectivity index (χ4n) is 1.12. The molecule has 3 heteroatoms. The van der Waals surface area contributed by atoms with Gasteiger partial charge < -0.3 is 10.6 Å². The third-order valence-electron chi connectivity index (χ3n) is 2.05. The average Bonchev–Trinajstić information content (AvgIpc) is 2.17. The summed E-state index contributed by atoms with van der Waals surface area (Å²) < 4.78 is 0. The number of allylic oxidation sites excluding steroid dienone is 1. The quantitative estimate of drug-likeness (QED) is 0.475. The second-order valence-corrected chi connectivity index (χ2v) is 4.07. The van der Waals surface area contributed by atoms with Crippen LogP contribution in [0.25, 0.3) is 0 Å². The van der Waals surface area contributed by atoms with Gasteiger partial charge in [0.05, 0.1) is 6.54 Å². The van der Waals surface area contributed by atoms with Crippen molar-refractivity contribution in [3.8, 4) is 0 Å². The lowest BCUT2D eigenvalue weighted by atomic mass is 10.1. The number of hydrogen-bond donors (Lipinski definition) is 2. The molecule has 15 heavy (non-hydrogen) atoms. The van der Waals surface area contributed by atoms with Crippen molar-refractivity contribution in [1.82, 2.24) is 10.6 Å². The van der Waals surface area contributed by atoms with Crippen molar-refractivity contribution in [3.63, 3.8) is 0 Å². The summed E-state index contributed by atoms with van der Waals surface area (Å²) in [6, 6.07) is 0.